The van der Waals surface area contributed by atoms with E-state index in [1.54, 1.807) is 13.0 Å². The van der Waals surface area contributed by atoms with E-state index in [0.29, 0.717) is 6.04 Å². The van der Waals surface area contributed by atoms with Crippen LogP contribution >= 0.6 is 0 Å². The fourth-order valence-corrected chi connectivity index (χ4v) is 4.12. The Kier molecular flexibility index (Phi) is 36.2. The van der Waals surface area contributed by atoms with Crippen LogP contribution in [0, 0.1) is 20.8 Å². The van der Waals surface area contributed by atoms with Crippen molar-refractivity contribution in [2.75, 3.05) is 0 Å². The molecule has 0 saturated carbocycles. The third-order valence-electron chi connectivity index (χ3n) is 6.19. The average molecular weight is 583 g/mol. The number of aryl methyl sites for hydroxylation is 3. The number of pyridine rings is 1. The molecule has 0 amide bonds. The first kappa shape index (κ1) is 46.3. The van der Waals surface area contributed by atoms with Gasteiger partial charge in [-0.1, -0.05) is 131 Å². The van der Waals surface area contributed by atoms with Crippen LogP contribution in [0.15, 0.2) is 61.3 Å². The predicted octanol–water partition coefficient (Wildman–Crippen LogP) is 12.5. The molecule has 1 aromatic carbocycles. The number of carbonyl (C=O) groups excluding carboxylic acids is 1. The van der Waals surface area contributed by atoms with E-state index in [1.807, 2.05) is 67.5 Å². The minimum absolute atomic E-state index is 0.0787. The van der Waals surface area contributed by atoms with Crippen LogP contribution in [-0.2, 0) is 0 Å². The second-order valence-electron chi connectivity index (χ2n) is 9.59. The van der Waals surface area contributed by atoms with Gasteiger partial charge in [-0.2, -0.15) is 0 Å². The molecular weight excluding hydrogens is 512 g/mol. The maximum Gasteiger partial charge on any atom is 0.161 e. The third kappa shape index (κ3) is 24.0. The van der Waals surface area contributed by atoms with E-state index in [-0.39, 0.29) is 5.78 Å². The molecule has 0 radical (unpaired) electrons. The van der Waals surface area contributed by atoms with Gasteiger partial charge < -0.3 is 5.32 Å². The highest BCUT2D eigenvalue weighted by atomic mass is 16.1. The molecule has 2 aromatic rings. The molecule has 0 aliphatic carbocycles. The third-order valence-corrected chi connectivity index (χ3v) is 6.19. The van der Waals surface area contributed by atoms with Gasteiger partial charge in [0.1, 0.15) is 0 Å². The summed E-state index contributed by atoms with van der Waals surface area (Å²) < 4.78 is 0. The van der Waals surface area contributed by atoms with Crippen molar-refractivity contribution >= 4 is 5.78 Å². The summed E-state index contributed by atoms with van der Waals surface area (Å²) in [5, 5.41) is 3.30. The lowest BCUT2D eigenvalue weighted by Crippen LogP contribution is -2.26. The number of hydrogen-bond acceptors (Lipinski definition) is 3. The van der Waals surface area contributed by atoms with Crippen molar-refractivity contribution in [1.29, 1.82) is 0 Å². The number of aromatic nitrogens is 1. The van der Waals surface area contributed by atoms with Crippen LogP contribution in [0.1, 0.15) is 160 Å². The summed E-state index contributed by atoms with van der Waals surface area (Å²) in [6, 6.07) is 13.3. The smallest absolute Gasteiger partial charge is 0.161 e. The van der Waals surface area contributed by atoms with Crippen molar-refractivity contribution in [3.05, 3.63) is 89.4 Å². The molecule has 242 valence electrons. The van der Waals surface area contributed by atoms with E-state index < -0.39 is 0 Å². The van der Waals surface area contributed by atoms with Gasteiger partial charge in [0.2, 0.25) is 0 Å². The molecule has 2 rings (SSSR count). The first-order chi connectivity index (χ1) is 20.1. The summed E-state index contributed by atoms with van der Waals surface area (Å²) in [5.74, 6) is 0.862. The Morgan fingerprint density at radius 1 is 0.810 bits per heavy atom. The highest BCUT2D eigenvalue weighted by Gasteiger charge is 2.08. The van der Waals surface area contributed by atoms with E-state index >= 15 is 0 Å². The molecule has 1 aromatic heterocycles. The Balaban J connectivity index is -0.000000238. The summed E-state index contributed by atoms with van der Waals surface area (Å²) in [6.07, 6.45) is 10.6. The minimum atomic E-state index is 0.0787. The van der Waals surface area contributed by atoms with Crippen LogP contribution in [-0.4, -0.2) is 16.8 Å². The maximum atomic E-state index is 10.9. The number of nitrogens with zero attached hydrogens (tertiary/aromatic N) is 1. The van der Waals surface area contributed by atoms with Crippen molar-refractivity contribution in [2.24, 2.45) is 0 Å². The van der Waals surface area contributed by atoms with Gasteiger partial charge in [0.15, 0.2) is 5.78 Å². The highest BCUT2D eigenvalue weighted by Crippen LogP contribution is 2.26. The largest absolute Gasteiger partial charge is 0.383 e. The van der Waals surface area contributed by atoms with Gasteiger partial charge in [-0.25, -0.2) is 0 Å². The summed E-state index contributed by atoms with van der Waals surface area (Å²) in [4.78, 5) is 15.1. The molecule has 0 saturated heterocycles. The maximum absolute atomic E-state index is 10.9. The number of carbonyl (C=O) groups is 1. The molecule has 1 N–H and O–H groups in total. The van der Waals surface area contributed by atoms with Crippen LogP contribution < -0.4 is 5.32 Å². The molecule has 3 nitrogen and oxygen atoms in total. The van der Waals surface area contributed by atoms with Crippen LogP contribution in [0.4, 0.5) is 0 Å². The van der Waals surface area contributed by atoms with Crippen molar-refractivity contribution < 1.29 is 4.79 Å². The fraction of sp³-hybridized carbons (Fsp3) is 0.590. The zero-order valence-electron chi connectivity index (χ0n) is 30.4. The Hall–Kier alpha value is -2.68. The van der Waals surface area contributed by atoms with Crippen molar-refractivity contribution in [1.82, 2.24) is 10.3 Å². The van der Waals surface area contributed by atoms with Gasteiger partial charge in [0.05, 0.1) is 0 Å². The van der Waals surface area contributed by atoms with Crippen LogP contribution in [0.2, 0.25) is 0 Å². The van der Waals surface area contributed by atoms with Gasteiger partial charge in [-0.15, -0.1) is 0 Å². The Morgan fingerprint density at radius 2 is 1.29 bits per heavy atom. The normalized spacial score (nSPS) is 9.79. The second kappa shape index (κ2) is 32.8. The first-order valence-electron chi connectivity index (χ1n) is 16.7. The van der Waals surface area contributed by atoms with Crippen molar-refractivity contribution in [3.8, 4) is 0 Å². The Labute approximate surface area is 263 Å². The molecule has 1 atom stereocenters. The van der Waals surface area contributed by atoms with Gasteiger partial charge in [0, 0.05) is 28.7 Å². The van der Waals surface area contributed by atoms with Gasteiger partial charge in [-0.05, 0) is 83.1 Å². The quantitative estimate of drug-likeness (QED) is 0.200. The predicted molar refractivity (Wildman–Crippen MR) is 193 cm³/mol. The number of nitrogens with one attached hydrogen (secondary N) is 1. The lowest BCUT2D eigenvalue weighted by molar-refractivity contribution is 0.101. The molecule has 0 unspecified atom stereocenters. The average Bonchev–Trinajstić information content (AvgIpc) is 3.00. The molecule has 0 aliphatic heterocycles. The zero-order valence-corrected chi connectivity index (χ0v) is 30.4. The second-order valence-corrected chi connectivity index (χ2v) is 9.59. The van der Waals surface area contributed by atoms with Crippen molar-refractivity contribution in [3.63, 3.8) is 0 Å². The highest BCUT2D eigenvalue weighted by molar-refractivity contribution is 5.94. The SMILES string of the molecule is C=CC(=C)N[C@H](CC)CCC.CC.CC.CC.CC(=O)c1ccc(C)nc1C.CCCC(CCC)c1ccc(C)cc1. The van der Waals surface area contributed by atoms with Crippen LogP contribution in [0.5, 0.6) is 0 Å². The molecule has 0 fully saturated rings. The standard InChI is InChI=1S/C14H22.C10H19N.C9H11NO.3C2H6/c1-4-6-13(7-5-2)14-10-8-12(3)9-11-14;1-5-8-10(7-3)11-9(4)6-2;1-6-4-5-9(8(3)11)7(2)10-6;3*1-2/h8-11,13H,4-7H2,1-3H3;6,10-11H,2,4-5,7-8H2,1,3H3;4-5H,1-3H3;3*1-2H3/t;10-;;;;/m.1..../s1. The lowest BCUT2D eigenvalue weighted by Gasteiger charge is -2.16. The molecule has 3 heteroatoms. The number of rotatable bonds is 12. The summed E-state index contributed by atoms with van der Waals surface area (Å²) in [6.45, 7) is 35.9. The first-order valence-corrected chi connectivity index (χ1v) is 16.7. The number of ketones is 1. The minimum Gasteiger partial charge on any atom is -0.383 e. The van der Waals surface area contributed by atoms with E-state index in [4.69, 9.17) is 0 Å². The van der Waals surface area contributed by atoms with E-state index in [0.717, 1.165) is 35.0 Å². The molecule has 1 heterocycles. The van der Waals surface area contributed by atoms with Gasteiger partial charge in [0.25, 0.3) is 0 Å². The van der Waals surface area contributed by atoms with E-state index in [9.17, 15) is 4.79 Å². The van der Waals surface area contributed by atoms with Crippen LogP contribution in [0.25, 0.3) is 0 Å². The number of benzene rings is 1. The summed E-state index contributed by atoms with van der Waals surface area (Å²) in [5.41, 5.74) is 6.31. The molecule has 0 bridgehead atoms. The lowest BCUT2D eigenvalue weighted by atomic mass is 9.90. The Morgan fingerprint density at radius 3 is 1.64 bits per heavy atom. The molecule has 42 heavy (non-hydrogen) atoms. The van der Waals surface area contributed by atoms with Crippen molar-refractivity contribution in [2.45, 2.75) is 154 Å². The summed E-state index contributed by atoms with van der Waals surface area (Å²) >= 11 is 0. The number of allylic oxidation sites excluding steroid dienone is 1. The van der Waals surface area contributed by atoms with Crippen LogP contribution in [0.3, 0.4) is 0 Å². The topological polar surface area (TPSA) is 42.0 Å². The van der Waals surface area contributed by atoms with E-state index in [2.05, 4.69) is 82.3 Å². The summed E-state index contributed by atoms with van der Waals surface area (Å²) in [7, 11) is 0. The van der Waals surface area contributed by atoms with Gasteiger partial charge >= 0.3 is 0 Å². The zero-order chi connectivity index (χ0) is 33.5. The number of Topliss-reactive ketones (excluding diaryl/α,β-unsaturated/α-hetero) is 1. The molecular formula is C39H70N2O. The Bertz CT molecular complexity index is 893. The monoisotopic (exact) mass is 583 g/mol. The van der Waals surface area contributed by atoms with E-state index in [1.165, 1.54) is 49.7 Å². The number of hydrogen-bond donors (Lipinski definition) is 1. The molecule has 0 aliphatic rings. The fourth-order valence-electron chi connectivity index (χ4n) is 4.12. The van der Waals surface area contributed by atoms with Gasteiger partial charge in [-0.3, -0.25) is 9.78 Å². The molecule has 0 spiro atoms.